The maximum atomic E-state index is 6.53. The Morgan fingerprint density at radius 3 is 1.54 bits per heavy atom. The first-order chi connectivity index (χ1) is 27.7. The number of fused-ring (bicyclic) bond motifs is 9. The summed E-state index contributed by atoms with van der Waals surface area (Å²) in [5.74, 6) is 2.45. The molecule has 1 aliphatic carbocycles. The second-order valence-corrected chi connectivity index (χ2v) is 14.4. The molecule has 0 bridgehead atoms. The summed E-state index contributed by atoms with van der Waals surface area (Å²) in [4.78, 5) is 15.1. The van der Waals surface area contributed by atoms with Crippen molar-refractivity contribution in [3.8, 4) is 78.9 Å². The number of aromatic nitrogens is 3. The van der Waals surface area contributed by atoms with Gasteiger partial charge in [0.25, 0.3) is 0 Å². The van der Waals surface area contributed by atoms with Crippen molar-refractivity contribution >= 4 is 0 Å². The van der Waals surface area contributed by atoms with Gasteiger partial charge in [-0.3, -0.25) is 4.98 Å². The van der Waals surface area contributed by atoms with E-state index in [-0.39, 0.29) is 0 Å². The number of nitrogens with zero attached hydrogens (tertiary/aromatic N) is 3. The molecule has 0 saturated carbocycles. The number of benzene rings is 7. The van der Waals surface area contributed by atoms with Crippen molar-refractivity contribution in [1.82, 2.24) is 15.0 Å². The van der Waals surface area contributed by atoms with Crippen LogP contribution in [0.15, 0.2) is 200 Å². The highest BCUT2D eigenvalue weighted by Crippen LogP contribution is 2.61. The van der Waals surface area contributed by atoms with Crippen molar-refractivity contribution in [1.29, 1.82) is 0 Å². The van der Waals surface area contributed by atoms with Crippen molar-refractivity contribution in [2.45, 2.75) is 5.41 Å². The van der Waals surface area contributed by atoms with Crippen LogP contribution in [0.25, 0.3) is 67.4 Å². The fourth-order valence-corrected chi connectivity index (χ4v) is 8.66. The molecular formula is C52H33N3O. The molecule has 3 heterocycles. The van der Waals surface area contributed by atoms with Crippen LogP contribution in [0.4, 0.5) is 0 Å². The SMILES string of the molecule is c1ccc(-c2cc(-c3ccccc3)nc(-c3ccc(-c4cccc(-c5ccc6c(c5)C5(c7ccccc7Oc7ccccc75)c5cccnc5-6)c4)cc3)n2)cc1. The minimum Gasteiger partial charge on any atom is -0.457 e. The molecule has 0 radical (unpaired) electrons. The van der Waals surface area contributed by atoms with Crippen LogP contribution in [0.2, 0.25) is 0 Å². The van der Waals surface area contributed by atoms with E-state index in [0.29, 0.717) is 5.82 Å². The van der Waals surface area contributed by atoms with Crippen LogP contribution in [0.1, 0.15) is 22.3 Å². The summed E-state index contributed by atoms with van der Waals surface area (Å²) >= 11 is 0. The Bertz CT molecular complexity index is 2840. The number of hydrogen-bond donors (Lipinski definition) is 0. The summed E-state index contributed by atoms with van der Waals surface area (Å²) in [6, 6.07) is 68.1. The van der Waals surface area contributed by atoms with Gasteiger partial charge in [-0.15, -0.1) is 0 Å². The van der Waals surface area contributed by atoms with Gasteiger partial charge in [0.1, 0.15) is 11.5 Å². The Balaban J connectivity index is 0.992. The Morgan fingerprint density at radius 2 is 0.875 bits per heavy atom. The van der Waals surface area contributed by atoms with E-state index in [2.05, 4.69) is 146 Å². The van der Waals surface area contributed by atoms with Crippen LogP contribution in [0, 0.1) is 0 Å². The monoisotopic (exact) mass is 715 g/mol. The minimum atomic E-state index is -0.561. The average molecular weight is 716 g/mol. The van der Waals surface area contributed by atoms with Gasteiger partial charge in [-0.05, 0) is 69.8 Å². The molecule has 11 rings (SSSR count). The zero-order valence-electron chi connectivity index (χ0n) is 30.3. The van der Waals surface area contributed by atoms with Crippen LogP contribution < -0.4 is 4.74 Å². The van der Waals surface area contributed by atoms with Gasteiger partial charge in [0, 0.05) is 39.6 Å². The molecule has 4 nitrogen and oxygen atoms in total. The number of para-hydroxylation sites is 2. The number of pyridine rings is 1. The summed E-state index contributed by atoms with van der Waals surface area (Å²) in [5, 5.41) is 0. The Hall–Kier alpha value is -7.43. The van der Waals surface area contributed by atoms with Gasteiger partial charge in [-0.2, -0.15) is 0 Å². The normalized spacial score (nSPS) is 12.9. The molecule has 2 aliphatic rings. The molecule has 0 saturated heterocycles. The molecule has 1 aliphatic heterocycles. The topological polar surface area (TPSA) is 47.9 Å². The lowest BCUT2D eigenvalue weighted by molar-refractivity contribution is 0.436. The molecule has 2 aromatic heterocycles. The standard InChI is InChI=1S/C52H33N3O/c1-3-13-35(14-4-1)46-33-47(36-15-5-2-6-16-36)55-51(54-46)37-26-24-34(25-27-37)38-17-11-18-39(31-38)40-28-29-41-45(32-40)52(44-21-12-30-53-50(41)44)42-19-7-9-22-48(42)56-49-23-10-8-20-43(49)52/h1-33H. The molecule has 0 unspecified atom stereocenters. The highest BCUT2D eigenvalue weighted by Gasteiger charge is 2.51. The Labute approximate surface area is 325 Å². The summed E-state index contributed by atoms with van der Waals surface area (Å²) in [6.45, 7) is 0. The first-order valence-electron chi connectivity index (χ1n) is 18.9. The summed E-state index contributed by atoms with van der Waals surface area (Å²) in [5.41, 5.74) is 15.7. The quantitative estimate of drug-likeness (QED) is 0.178. The lowest BCUT2D eigenvalue weighted by Gasteiger charge is -2.39. The smallest absolute Gasteiger partial charge is 0.160 e. The van der Waals surface area contributed by atoms with Crippen LogP contribution in [0.3, 0.4) is 0 Å². The van der Waals surface area contributed by atoms with Crippen LogP contribution in [-0.2, 0) is 5.41 Å². The maximum absolute atomic E-state index is 6.53. The van der Waals surface area contributed by atoms with Gasteiger partial charge >= 0.3 is 0 Å². The van der Waals surface area contributed by atoms with Gasteiger partial charge < -0.3 is 4.74 Å². The van der Waals surface area contributed by atoms with Crippen LogP contribution in [-0.4, -0.2) is 15.0 Å². The van der Waals surface area contributed by atoms with E-state index in [4.69, 9.17) is 19.7 Å². The molecule has 0 atom stereocenters. The Kier molecular flexibility index (Phi) is 7.36. The van der Waals surface area contributed by atoms with Crippen molar-refractivity contribution in [3.05, 3.63) is 223 Å². The van der Waals surface area contributed by atoms with Crippen molar-refractivity contribution in [2.24, 2.45) is 0 Å². The highest BCUT2D eigenvalue weighted by atomic mass is 16.5. The molecule has 0 fully saturated rings. The van der Waals surface area contributed by atoms with Gasteiger partial charge in [0.05, 0.1) is 22.5 Å². The zero-order valence-corrected chi connectivity index (χ0v) is 30.3. The zero-order chi connectivity index (χ0) is 37.1. The maximum Gasteiger partial charge on any atom is 0.160 e. The molecule has 262 valence electrons. The minimum absolute atomic E-state index is 0.561. The highest BCUT2D eigenvalue weighted by molar-refractivity contribution is 5.89. The third-order valence-corrected chi connectivity index (χ3v) is 11.2. The van der Waals surface area contributed by atoms with E-state index in [1.54, 1.807) is 0 Å². The van der Waals surface area contributed by atoms with Crippen LogP contribution in [0.5, 0.6) is 11.5 Å². The lowest BCUT2D eigenvalue weighted by atomic mass is 9.66. The average Bonchev–Trinajstić information content (AvgIpc) is 3.57. The van der Waals surface area contributed by atoms with Gasteiger partial charge in [0.2, 0.25) is 0 Å². The third kappa shape index (κ3) is 5.04. The number of rotatable bonds is 5. The fraction of sp³-hybridized carbons (Fsp3) is 0.0192. The second kappa shape index (κ2) is 12.9. The first kappa shape index (κ1) is 32.0. The summed E-state index contributed by atoms with van der Waals surface area (Å²) in [6.07, 6.45) is 1.90. The molecule has 0 amide bonds. The summed E-state index contributed by atoms with van der Waals surface area (Å²) in [7, 11) is 0. The lowest BCUT2D eigenvalue weighted by Crippen LogP contribution is -2.32. The predicted octanol–water partition coefficient (Wildman–Crippen LogP) is 12.7. The van der Waals surface area contributed by atoms with Crippen LogP contribution >= 0.6 is 0 Å². The molecule has 4 heteroatoms. The molecule has 0 N–H and O–H groups in total. The Morgan fingerprint density at radius 1 is 0.357 bits per heavy atom. The molecule has 7 aromatic carbocycles. The van der Waals surface area contributed by atoms with Gasteiger partial charge in [-0.25, -0.2) is 9.97 Å². The third-order valence-electron chi connectivity index (χ3n) is 11.2. The van der Waals surface area contributed by atoms with Crippen molar-refractivity contribution in [3.63, 3.8) is 0 Å². The number of hydrogen-bond acceptors (Lipinski definition) is 4. The first-order valence-corrected chi connectivity index (χ1v) is 18.9. The van der Waals surface area contributed by atoms with Gasteiger partial charge in [-0.1, -0.05) is 158 Å². The predicted molar refractivity (Wildman–Crippen MR) is 224 cm³/mol. The fourth-order valence-electron chi connectivity index (χ4n) is 8.66. The van der Waals surface area contributed by atoms with E-state index in [1.807, 2.05) is 54.7 Å². The van der Waals surface area contributed by atoms with E-state index in [1.165, 1.54) is 11.1 Å². The van der Waals surface area contributed by atoms with E-state index >= 15 is 0 Å². The van der Waals surface area contributed by atoms with Crippen molar-refractivity contribution < 1.29 is 4.74 Å². The molecule has 9 aromatic rings. The van der Waals surface area contributed by atoms with E-state index in [9.17, 15) is 0 Å². The van der Waals surface area contributed by atoms with Gasteiger partial charge in [0.15, 0.2) is 5.82 Å². The molecule has 1 spiro atoms. The number of ether oxygens (including phenoxy) is 1. The van der Waals surface area contributed by atoms with E-state index < -0.39 is 5.41 Å². The largest absolute Gasteiger partial charge is 0.457 e. The summed E-state index contributed by atoms with van der Waals surface area (Å²) < 4.78 is 6.53. The molecule has 56 heavy (non-hydrogen) atoms. The molecular weight excluding hydrogens is 683 g/mol. The second-order valence-electron chi connectivity index (χ2n) is 14.4. The van der Waals surface area contributed by atoms with E-state index in [0.717, 1.165) is 84.2 Å². The van der Waals surface area contributed by atoms with Crippen molar-refractivity contribution in [2.75, 3.05) is 0 Å².